The van der Waals surface area contributed by atoms with Gasteiger partial charge >= 0.3 is 0 Å². The number of aryl methyl sites for hydroxylation is 1. The van der Waals surface area contributed by atoms with Crippen molar-refractivity contribution in [2.75, 3.05) is 0 Å². The highest BCUT2D eigenvalue weighted by molar-refractivity contribution is 7.09. The summed E-state index contributed by atoms with van der Waals surface area (Å²) in [7, 11) is 0. The topological polar surface area (TPSA) is 59.3 Å². The van der Waals surface area contributed by atoms with Gasteiger partial charge in [-0.2, -0.15) is 0 Å². The maximum absolute atomic E-state index is 12.2. The third kappa shape index (κ3) is 3.65. The lowest BCUT2D eigenvalue weighted by Gasteiger charge is -2.04. The Labute approximate surface area is 155 Å². The Balaban J connectivity index is 1.31. The van der Waals surface area contributed by atoms with E-state index in [-0.39, 0.29) is 5.91 Å². The number of benzene rings is 1. The largest absolute Gasteiger partial charge is 0.349 e. The predicted octanol–water partition coefficient (Wildman–Crippen LogP) is 3.71. The number of pyridine rings is 1. The van der Waals surface area contributed by atoms with Crippen LogP contribution in [0.4, 0.5) is 0 Å². The number of hydrogen-bond acceptors (Lipinski definition) is 4. The summed E-state index contributed by atoms with van der Waals surface area (Å²) in [5.74, 6) is 0.837. The van der Waals surface area contributed by atoms with Gasteiger partial charge in [-0.05, 0) is 12.1 Å². The minimum absolute atomic E-state index is 0.00847. The van der Waals surface area contributed by atoms with E-state index in [2.05, 4.69) is 15.3 Å². The number of aromatic nitrogens is 3. The molecule has 3 aromatic heterocycles. The Morgan fingerprint density at radius 1 is 1.12 bits per heavy atom. The minimum Gasteiger partial charge on any atom is -0.349 e. The SMILES string of the molecule is O=C(CCc1nc(-c2ccccc2)cs1)NCc1ncc2ccccn12. The van der Waals surface area contributed by atoms with Gasteiger partial charge in [0.05, 0.1) is 29.0 Å². The molecule has 3 heterocycles. The van der Waals surface area contributed by atoms with Gasteiger partial charge < -0.3 is 9.72 Å². The summed E-state index contributed by atoms with van der Waals surface area (Å²) in [5.41, 5.74) is 3.09. The Kier molecular flexibility index (Phi) is 4.75. The molecule has 0 saturated heterocycles. The molecule has 4 aromatic rings. The van der Waals surface area contributed by atoms with Crippen LogP contribution < -0.4 is 5.32 Å². The van der Waals surface area contributed by atoms with E-state index in [9.17, 15) is 4.79 Å². The van der Waals surface area contributed by atoms with Crippen LogP contribution in [-0.4, -0.2) is 20.3 Å². The van der Waals surface area contributed by atoms with Gasteiger partial charge in [-0.1, -0.05) is 36.4 Å². The number of amides is 1. The maximum atomic E-state index is 12.2. The summed E-state index contributed by atoms with van der Waals surface area (Å²) in [6, 6.07) is 16.0. The molecular formula is C20H18N4OS. The van der Waals surface area contributed by atoms with Crippen LogP contribution >= 0.6 is 11.3 Å². The molecule has 0 spiro atoms. The Hall–Kier alpha value is -2.99. The summed E-state index contributed by atoms with van der Waals surface area (Å²) >= 11 is 1.60. The average molecular weight is 362 g/mol. The van der Waals surface area contributed by atoms with Gasteiger partial charge in [0.15, 0.2) is 0 Å². The lowest BCUT2D eigenvalue weighted by Crippen LogP contribution is -2.24. The molecule has 0 bridgehead atoms. The van der Waals surface area contributed by atoms with E-state index in [1.807, 2.05) is 70.7 Å². The van der Waals surface area contributed by atoms with Crippen molar-refractivity contribution >= 4 is 22.8 Å². The molecule has 0 radical (unpaired) electrons. The first-order valence-corrected chi connectivity index (χ1v) is 9.35. The van der Waals surface area contributed by atoms with Gasteiger partial charge in [0.1, 0.15) is 5.82 Å². The van der Waals surface area contributed by atoms with Crippen LogP contribution in [0.3, 0.4) is 0 Å². The molecule has 1 aromatic carbocycles. The predicted molar refractivity (Wildman–Crippen MR) is 103 cm³/mol. The zero-order valence-electron chi connectivity index (χ0n) is 14.1. The highest BCUT2D eigenvalue weighted by Gasteiger charge is 2.09. The second-order valence-electron chi connectivity index (χ2n) is 5.94. The van der Waals surface area contributed by atoms with Crippen LogP contribution in [0.5, 0.6) is 0 Å². The van der Waals surface area contributed by atoms with Gasteiger partial charge in [-0.15, -0.1) is 11.3 Å². The number of hydrogen-bond donors (Lipinski definition) is 1. The van der Waals surface area contributed by atoms with Crippen molar-refractivity contribution in [1.29, 1.82) is 0 Å². The van der Waals surface area contributed by atoms with Crippen molar-refractivity contribution in [3.05, 3.63) is 77.1 Å². The number of nitrogens with zero attached hydrogens (tertiary/aromatic N) is 3. The van der Waals surface area contributed by atoms with Gasteiger partial charge in [-0.25, -0.2) is 9.97 Å². The summed E-state index contributed by atoms with van der Waals surface area (Å²) in [6.07, 6.45) is 4.82. The third-order valence-electron chi connectivity index (χ3n) is 4.15. The Bertz CT molecular complexity index is 1020. The van der Waals surface area contributed by atoms with Crippen molar-refractivity contribution < 1.29 is 4.79 Å². The zero-order valence-corrected chi connectivity index (χ0v) is 14.9. The molecule has 0 unspecified atom stereocenters. The molecule has 0 aliphatic heterocycles. The lowest BCUT2D eigenvalue weighted by atomic mass is 10.2. The van der Waals surface area contributed by atoms with Crippen molar-refractivity contribution in [3.63, 3.8) is 0 Å². The molecule has 130 valence electrons. The molecule has 0 aliphatic rings. The highest BCUT2D eigenvalue weighted by atomic mass is 32.1. The number of imidazole rings is 1. The first-order valence-electron chi connectivity index (χ1n) is 8.47. The summed E-state index contributed by atoms with van der Waals surface area (Å²) in [6.45, 7) is 0.421. The van der Waals surface area contributed by atoms with E-state index in [0.717, 1.165) is 27.6 Å². The summed E-state index contributed by atoms with van der Waals surface area (Å²) in [5, 5.41) is 5.96. The van der Waals surface area contributed by atoms with E-state index in [4.69, 9.17) is 0 Å². The number of fused-ring (bicyclic) bond motifs is 1. The van der Waals surface area contributed by atoms with E-state index < -0.39 is 0 Å². The van der Waals surface area contributed by atoms with E-state index in [1.54, 1.807) is 11.3 Å². The molecule has 0 aliphatic carbocycles. The Morgan fingerprint density at radius 2 is 1.96 bits per heavy atom. The molecule has 26 heavy (non-hydrogen) atoms. The Morgan fingerprint density at radius 3 is 2.85 bits per heavy atom. The standard InChI is InChI=1S/C20H18N4OS/c25-19(22-13-18-21-12-16-8-4-5-11-24(16)18)9-10-20-23-17(14-26-20)15-6-2-1-3-7-15/h1-8,11-12,14H,9-10,13H2,(H,22,25). The normalized spacial score (nSPS) is 10.9. The van der Waals surface area contributed by atoms with Crippen LogP contribution in [0.15, 0.2) is 66.3 Å². The number of carbonyl (C=O) groups is 1. The second-order valence-corrected chi connectivity index (χ2v) is 6.88. The van der Waals surface area contributed by atoms with Gasteiger partial charge in [0.2, 0.25) is 5.91 Å². The fourth-order valence-electron chi connectivity index (χ4n) is 2.78. The van der Waals surface area contributed by atoms with E-state index in [0.29, 0.717) is 19.4 Å². The molecule has 0 saturated carbocycles. The smallest absolute Gasteiger partial charge is 0.220 e. The van der Waals surface area contributed by atoms with E-state index in [1.165, 1.54) is 0 Å². The van der Waals surface area contributed by atoms with Gasteiger partial charge in [0, 0.05) is 30.0 Å². The molecule has 0 fully saturated rings. The van der Waals surface area contributed by atoms with Crippen LogP contribution in [0.1, 0.15) is 17.3 Å². The number of thiazole rings is 1. The maximum Gasteiger partial charge on any atom is 0.220 e. The molecular weight excluding hydrogens is 344 g/mol. The first-order chi connectivity index (χ1) is 12.8. The highest BCUT2D eigenvalue weighted by Crippen LogP contribution is 2.22. The van der Waals surface area contributed by atoms with Crippen molar-refractivity contribution in [3.8, 4) is 11.3 Å². The molecule has 4 rings (SSSR count). The van der Waals surface area contributed by atoms with Crippen LogP contribution in [0, 0.1) is 0 Å². The second kappa shape index (κ2) is 7.49. The fourth-order valence-corrected chi connectivity index (χ4v) is 3.59. The number of nitrogens with one attached hydrogen (secondary N) is 1. The lowest BCUT2D eigenvalue weighted by molar-refractivity contribution is -0.121. The molecule has 5 nitrogen and oxygen atoms in total. The van der Waals surface area contributed by atoms with Gasteiger partial charge in [-0.3, -0.25) is 4.79 Å². The monoisotopic (exact) mass is 362 g/mol. The summed E-state index contributed by atoms with van der Waals surface area (Å²) in [4.78, 5) is 21.1. The number of carbonyl (C=O) groups excluding carboxylic acids is 1. The fraction of sp³-hybridized carbons (Fsp3) is 0.150. The average Bonchev–Trinajstić information content (AvgIpc) is 3.33. The molecule has 1 N–H and O–H groups in total. The zero-order chi connectivity index (χ0) is 17.8. The number of rotatable bonds is 6. The third-order valence-corrected chi connectivity index (χ3v) is 5.05. The quantitative estimate of drug-likeness (QED) is 0.569. The summed E-state index contributed by atoms with van der Waals surface area (Å²) < 4.78 is 1.98. The van der Waals surface area contributed by atoms with Crippen molar-refractivity contribution in [2.45, 2.75) is 19.4 Å². The molecule has 6 heteroatoms. The van der Waals surface area contributed by atoms with E-state index >= 15 is 0 Å². The van der Waals surface area contributed by atoms with Crippen molar-refractivity contribution in [2.24, 2.45) is 0 Å². The first kappa shape index (κ1) is 16.5. The van der Waals surface area contributed by atoms with Crippen molar-refractivity contribution in [1.82, 2.24) is 19.7 Å². The van der Waals surface area contributed by atoms with Crippen LogP contribution in [-0.2, 0) is 17.8 Å². The molecule has 1 amide bonds. The van der Waals surface area contributed by atoms with Crippen LogP contribution in [0.2, 0.25) is 0 Å². The van der Waals surface area contributed by atoms with Crippen LogP contribution in [0.25, 0.3) is 16.8 Å². The minimum atomic E-state index is 0.00847. The van der Waals surface area contributed by atoms with Gasteiger partial charge in [0.25, 0.3) is 0 Å². The molecule has 0 atom stereocenters.